The van der Waals surface area contributed by atoms with Crippen LogP contribution in [0.1, 0.15) is 15.9 Å². The molecule has 0 heterocycles. The molecular formula is C11H8F6O. The van der Waals surface area contributed by atoms with Crippen LogP contribution in [-0.4, -0.2) is 18.1 Å². The molecule has 0 amide bonds. The minimum absolute atomic E-state index is 0.406. The van der Waals surface area contributed by atoms with Crippen molar-refractivity contribution in [2.45, 2.75) is 19.3 Å². The van der Waals surface area contributed by atoms with Gasteiger partial charge in [-0.05, 0) is 13.0 Å². The van der Waals surface area contributed by atoms with Crippen LogP contribution >= 0.6 is 0 Å². The number of alkyl halides is 6. The molecule has 1 aromatic carbocycles. The van der Waals surface area contributed by atoms with Crippen molar-refractivity contribution in [2.24, 2.45) is 5.92 Å². The second kappa shape index (κ2) is 4.62. The van der Waals surface area contributed by atoms with Crippen LogP contribution in [0.15, 0.2) is 24.3 Å². The standard InChI is InChI=1S/C11H8F6O/c1-6-3-2-4-7(5-6)8(18)9(10(12,13)14)11(15,16)17/h2-5,9H,1H3. The molecular weight excluding hydrogens is 262 g/mol. The Bertz CT molecular complexity index is 432. The van der Waals surface area contributed by atoms with Crippen molar-refractivity contribution in [3.8, 4) is 0 Å². The van der Waals surface area contributed by atoms with E-state index in [0.29, 0.717) is 5.56 Å². The van der Waals surface area contributed by atoms with E-state index in [0.717, 1.165) is 12.1 Å². The number of rotatable bonds is 2. The van der Waals surface area contributed by atoms with E-state index in [9.17, 15) is 31.1 Å². The predicted molar refractivity (Wildman–Crippen MR) is 51.1 cm³/mol. The quantitative estimate of drug-likeness (QED) is 0.588. The number of carbonyl (C=O) groups excluding carboxylic acids is 1. The van der Waals surface area contributed by atoms with Gasteiger partial charge >= 0.3 is 12.4 Å². The van der Waals surface area contributed by atoms with Crippen LogP contribution in [0.5, 0.6) is 0 Å². The molecule has 0 aliphatic carbocycles. The minimum atomic E-state index is -5.65. The third-order valence-corrected chi connectivity index (χ3v) is 2.22. The number of aryl methyl sites for hydroxylation is 1. The Morgan fingerprint density at radius 3 is 1.94 bits per heavy atom. The highest BCUT2D eigenvalue weighted by molar-refractivity contribution is 5.99. The average molecular weight is 270 g/mol. The Hall–Kier alpha value is -1.53. The van der Waals surface area contributed by atoms with E-state index < -0.39 is 29.6 Å². The maximum atomic E-state index is 12.3. The molecule has 0 bridgehead atoms. The Kier molecular flexibility index (Phi) is 3.73. The first kappa shape index (κ1) is 14.5. The molecule has 0 unspecified atom stereocenters. The number of carbonyl (C=O) groups is 1. The van der Waals surface area contributed by atoms with Crippen molar-refractivity contribution < 1.29 is 31.1 Å². The van der Waals surface area contributed by atoms with Gasteiger partial charge in [0.15, 0.2) is 5.78 Å². The molecule has 0 radical (unpaired) electrons. The Morgan fingerprint density at radius 2 is 1.56 bits per heavy atom. The van der Waals surface area contributed by atoms with Gasteiger partial charge in [0.1, 0.15) is 0 Å². The molecule has 1 nitrogen and oxygen atoms in total. The highest BCUT2D eigenvalue weighted by Crippen LogP contribution is 2.41. The largest absolute Gasteiger partial charge is 0.407 e. The van der Waals surface area contributed by atoms with Crippen molar-refractivity contribution in [1.82, 2.24) is 0 Å². The summed E-state index contributed by atoms with van der Waals surface area (Å²) in [6.45, 7) is 1.47. The van der Waals surface area contributed by atoms with Gasteiger partial charge in [-0.2, -0.15) is 26.3 Å². The lowest BCUT2D eigenvalue weighted by atomic mass is 9.95. The molecule has 0 atom stereocenters. The molecule has 0 saturated heterocycles. The fourth-order valence-corrected chi connectivity index (χ4v) is 1.45. The van der Waals surface area contributed by atoms with E-state index in [-0.39, 0.29) is 0 Å². The van der Waals surface area contributed by atoms with Gasteiger partial charge in [-0.15, -0.1) is 0 Å². The number of ketones is 1. The fourth-order valence-electron chi connectivity index (χ4n) is 1.45. The van der Waals surface area contributed by atoms with Crippen LogP contribution in [0.4, 0.5) is 26.3 Å². The predicted octanol–water partition coefficient (Wildman–Crippen LogP) is 3.92. The maximum Gasteiger partial charge on any atom is 0.407 e. The first-order chi connectivity index (χ1) is 8.03. The van der Waals surface area contributed by atoms with Gasteiger partial charge < -0.3 is 0 Å². The Morgan fingerprint density at radius 1 is 1.06 bits per heavy atom. The van der Waals surface area contributed by atoms with E-state index in [2.05, 4.69) is 0 Å². The molecule has 0 aromatic heterocycles. The summed E-state index contributed by atoms with van der Waals surface area (Å²) < 4.78 is 73.9. The van der Waals surface area contributed by atoms with Crippen LogP contribution in [-0.2, 0) is 0 Å². The monoisotopic (exact) mass is 270 g/mol. The summed E-state index contributed by atoms with van der Waals surface area (Å²) in [4.78, 5) is 11.4. The normalized spacial score (nSPS) is 12.9. The van der Waals surface area contributed by atoms with Crippen LogP contribution < -0.4 is 0 Å². The van der Waals surface area contributed by atoms with Crippen molar-refractivity contribution in [1.29, 1.82) is 0 Å². The number of hydrogen-bond acceptors (Lipinski definition) is 1. The molecule has 100 valence electrons. The highest BCUT2D eigenvalue weighted by Gasteiger charge is 2.60. The van der Waals surface area contributed by atoms with Gasteiger partial charge in [-0.3, -0.25) is 4.79 Å². The fraction of sp³-hybridized carbons (Fsp3) is 0.364. The van der Waals surface area contributed by atoms with Crippen LogP contribution in [0.2, 0.25) is 0 Å². The van der Waals surface area contributed by atoms with Crippen LogP contribution in [0.3, 0.4) is 0 Å². The first-order valence-corrected chi connectivity index (χ1v) is 4.78. The molecule has 1 rings (SSSR count). The van der Waals surface area contributed by atoms with E-state index >= 15 is 0 Å². The molecule has 0 saturated carbocycles. The van der Waals surface area contributed by atoms with E-state index in [1.165, 1.54) is 19.1 Å². The van der Waals surface area contributed by atoms with Gasteiger partial charge in [-0.1, -0.05) is 23.8 Å². The molecule has 1 aromatic rings. The summed E-state index contributed by atoms with van der Waals surface area (Å²) in [5, 5.41) is 0. The molecule has 0 aliphatic rings. The second-order valence-corrected chi connectivity index (χ2v) is 3.75. The summed E-state index contributed by atoms with van der Waals surface area (Å²) >= 11 is 0. The van der Waals surface area contributed by atoms with E-state index in [4.69, 9.17) is 0 Å². The molecule has 0 N–H and O–H groups in total. The summed E-state index contributed by atoms with van der Waals surface area (Å²) in [5.74, 6) is -5.97. The topological polar surface area (TPSA) is 17.1 Å². The number of halogens is 6. The lowest BCUT2D eigenvalue weighted by Gasteiger charge is -2.21. The van der Waals surface area contributed by atoms with Crippen LogP contribution in [0.25, 0.3) is 0 Å². The third kappa shape index (κ3) is 3.24. The van der Waals surface area contributed by atoms with Crippen molar-refractivity contribution >= 4 is 5.78 Å². The van der Waals surface area contributed by atoms with Gasteiger partial charge in [-0.25, -0.2) is 0 Å². The summed E-state index contributed by atoms with van der Waals surface area (Å²) in [7, 11) is 0. The zero-order valence-corrected chi connectivity index (χ0v) is 9.06. The summed E-state index contributed by atoms with van der Waals surface area (Å²) in [6, 6.07) is 4.62. The van der Waals surface area contributed by atoms with Crippen molar-refractivity contribution in [2.75, 3.05) is 0 Å². The lowest BCUT2D eigenvalue weighted by molar-refractivity contribution is -0.264. The smallest absolute Gasteiger partial charge is 0.293 e. The van der Waals surface area contributed by atoms with E-state index in [1.54, 1.807) is 0 Å². The molecule has 7 heteroatoms. The van der Waals surface area contributed by atoms with Crippen LogP contribution in [0, 0.1) is 12.8 Å². The van der Waals surface area contributed by atoms with Crippen molar-refractivity contribution in [3.63, 3.8) is 0 Å². The molecule has 0 spiro atoms. The van der Waals surface area contributed by atoms with E-state index in [1.807, 2.05) is 0 Å². The Balaban J connectivity index is 3.20. The molecule has 18 heavy (non-hydrogen) atoms. The first-order valence-electron chi connectivity index (χ1n) is 4.78. The molecule has 0 fully saturated rings. The Labute approximate surface area is 98.4 Å². The lowest BCUT2D eigenvalue weighted by Crippen LogP contribution is -2.42. The second-order valence-electron chi connectivity index (χ2n) is 3.75. The number of Topliss-reactive ketones (excluding diaryl/α,β-unsaturated/α-hetero) is 1. The third-order valence-electron chi connectivity index (χ3n) is 2.22. The van der Waals surface area contributed by atoms with Gasteiger partial charge in [0.05, 0.1) is 0 Å². The SMILES string of the molecule is Cc1cccc(C(=O)C(C(F)(F)F)C(F)(F)F)c1. The number of benzene rings is 1. The number of hydrogen-bond donors (Lipinski definition) is 0. The summed E-state index contributed by atoms with van der Waals surface area (Å²) in [6.07, 6.45) is -11.3. The van der Waals surface area contributed by atoms with Crippen molar-refractivity contribution in [3.05, 3.63) is 35.4 Å². The minimum Gasteiger partial charge on any atom is -0.293 e. The van der Waals surface area contributed by atoms with Gasteiger partial charge in [0, 0.05) is 5.56 Å². The van der Waals surface area contributed by atoms with Gasteiger partial charge in [0.2, 0.25) is 5.92 Å². The zero-order valence-electron chi connectivity index (χ0n) is 9.06. The van der Waals surface area contributed by atoms with Gasteiger partial charge in [0.25, 0.3) is 0 Å². The zero-order chi connectivity index (χ0) is 14.1. The average Bonchev–Trinajstić information content (AvgIpc) is 2.12. The maximum absolute atomic E-state index is 12.3. The molecule has 0 aliphatic heterocycles. The highest BCUT2D eigenvalue weighted by atomic mass is 19.4. The summed E-state index contributed by atoms with van der Waals surface area (Å²) in [5.41, 5.74) is -0.196.